The third kappa shape index (κ3) is 5.47. The molecular formula is C20H32BN2O4. The summed E-state index contributed by atoms with van der Waals surface area (Å²) in [6.07, 6.45) is 5.92. The Balaban J connectivity index is 1.99. The van der Waals surface area contributed by atoms with Crippen LogP contribution < -0.4 is 5.46 Å². The molecule has 0 unspecified atom stereocenters. The summed E-state index contributed by atoms with van der Waals surface area (Å²) in [5, 5.41) is 14.8. The van der Waals surface area contributed by atoms with Crippen LogP contribution in [0.1, 0.15) is 51.9 Å². The molecule has 0 bridgehead atoms. The van der Waals surface area contributed by atoms with Gasteiger partial charge in [-0.3, -0.25) is 4.68 Å². The number of aliphatic hydroxyl groups is 1. The molecule has 1 aliphatic carbocycles. The van der Waals surface area contributed by atoms with Crippen molar-refractivity contribution in [2.75, 3.05) is 13.7 Å². The standard InChI is InChI=1S/C20H32BN2O4/c1-14-18(21-27-20(4,5)19(2,3)24)17(22-23(14)6)13-26-12-15-8-10-16(25-7)11-9-15/h8,10,24H,9,11-13H2,1-7H3. The molecule has 0 aromatic carbocycles. The fourth-order valence-electron chi connectivity index (χ4n) is 2.53. The number of nitrogens with zero attached hydrogens (tertiary/aromatic N) is 2. The maximum absolute atomic E-state index is 10.3. The second-order valence-corrected chi connectivity index (χ2v) is 8.03. The molecule has 1 aromatic heterocycles. The monoisotopic (exact) mass is 375 g/mol. The van der Waals surface area contributed by atoms with Crippen molar-refractivity contribution >= 4 is 12.9 Å². The van der Waals surface area contributed by atoms with Gasteiger partial charge in [0, 0.05) is 19.2 Å². The van der Waals surface area contributed by atoms with Gasteiger partial charge in [0.25, 0.3) is 0 Å². The molecule has 27 heavy (non-hydrogen) atoms. The summed E-state index contributed by atoms with van der Waals surface area (Å²) in [6.45, 7) is 10.2. The summed E-state index contributed by atoms with van der Waals surface area (Å²) in [4.78, 5) is 0. The van der Waals surface area contributed by atoms with Crippen molar-refractivity contribution in [1.82, 2.24) is 9.78 Å². The van der Waals surface area contributed by atoms with E-state index in [9.17, 15) is 5.11 Å². The first kappa shape index (κ1) is 21.7. The van der Waals surface area contributed by atoms with E-state index in [4.69, 9.17) is 14.1 Å². The summed E-state index contributed by atoms with van der Waals surface area (Å²) in [5.74, 6) is 1.00. The van der Waals surface area contributed by atoms with Crippen LogP contribution in [0.4, 0.5) is 0 Å². The van der Waals surface area contributed by atoms with Gasteiger partial charge in [0.15, 0.2) is 0 Å². The Morgan fingerprint density at radius 1 is 1.19 bits per heavy atom. The lowest BCUT2D eigenvalue weighted by Gasteiger charge is -2.37. The van der Waals surface area contributed by atoms with E-state index in [-0.39, 0.29) is 0 Å². The molecule has 1 heterocycles. The zero-order chi connectivity index (χ0) is 20.2. The fourth-order valence-corrected chi connectivity index (χ4v) is 2.53. The minimum Gasteiger partial charge on any atom is -0.501 e. The van der Waals surface area contributed by atoms with Crippen LogP contribution >= 0.6 is 0 Å². The molecule has 0 spiro atoms. The molecule has 0 saturated heterocycles. The number of hydrogen-bond acceptors (Lipinski definition) is 5. The Hall–Kier alpha value is -1.57. The van der Waals surface area contributed by atoms with E-state index in [0.29, 0.717) is 13.2 Å². The van der Waals surface area contributed by atoms with Crippen LogP contribution in [-0.4, -0.2) is 47.3 Å². The van der Waals surface area contributed by atoms with Gasteiger partial charge in [-0.25, -0.2) is 0 Å². The lowest BCUT2D eigenvalue weighted by Crippen LogP contribution is -2.49. The van der Waals surface area contributed by atoms with Crippen LogP contribution in [0.2, 0.25) is 0 Å². The first-order valence-electron chi connectivity index (χ1n) is 9.31. The molecule has 1 N–H and O–H groups in total. The van der Waals surface area contributed by atoms with Crippen molar-refractivity contribution in [2.24, 2.45) is 7.05 Å². The van der Waals surface area contributed by atoms with Crippen molar-refractivity contribution in [1.29, 1.82) is 0 Å². The molecule has 149 valence electrons. The Morgan fingerprint density at radius 2 is 1.89 bits per heavy atom. The van der Waals surface area contributed by atoms with Crippen molar-refractivity contribution in [2.45, 2.75) is 65.3 Å². The average molecular weight is 375 g/mol. The van der Waals surface area contributed by atoms with Gasteiger partial charge in [-0.05, 0) is 58.2 Å². The van der Waals surface area contributed by atoms with Crippen molar-refractivity contribution in [3.8, 4) is 0 Å². The number of methoxy groups -OCH3 is 1. The molecule has 1 aromatic rings. The van der Waals surface area contributed by atoms with Crippen molar-refractivity contribution in [3.63, 3.8) is 0 Å². The zero-order valence-corrected chi connectivity index (χ0v) is 17.6. The van der Waals surface area contributed by atoms with Gasteiger partial charge >= 0.3 is 7.48 Å². The Bertz CT molecular complexity index is 714. The summed E-state index contributed by atoms with van der Waals surface area (Å²) in [5.41, 5.74) is 2.25. The first-order valence-corrected chi connectivity index (χ1v) is 9.31. The molecule has 0 amide bonds. The van der Waals surface area contributed by atoms with Crippen LogP contribution in [0, 0.1) is 6.92 Å². The minimum atomic E-state index is -0.974. The predicted octanol–water partition coefficient (Wildman–Crippen LogP) is 2.31. The van der Waals surface area contributed by atoms with E-state index < -0.39 is 11.2 Å². The van der Waals surface area contributed by atoms with Gasteiger partial charge in [0.05, 0.1) is 43.0 Å². The normalized spacial score (nSPS) is 15.4. The van der Waals surface area contributed by atoms with Crippen LogP contribution in [-0.2, 0) is 27.8 Å². The van der Waals surface area contributed by atoms with Crippen LogP contribution in [0.3, 0.4) is 0 Å². The maximum atomic E-state index is 10.3. The molecule has 7 heteroatoms. The second kappa shape index (κ2) is 8.63. The minimum absolute atomic E-state index is 0.401. The van der Waals surface area contributed by atoms with E-state index in [0.717, 1.165) is 35.5 Å². The fraction of sp³-hybridized carbons (Fsp3) is 0.650. The highest BCUT2D eigenvalue weighted by atomic mass is 16.5. The molecular weight excluding hydrogens is 343 g/mol. The van der Waals surface area contributed by atoms with E-state index in [2.05, 4.69) is 11.2 Å². The quantitative estimate of drug-likeness (QED) is 0.671. The third-order valence-corrected chi connectivity index (χ3v) is 5.39. The number of ether oxygens (including phenoxy) is 2. The summed E-state index contributed by atoms with van der Waals surface area (Å²) < 4.78 is 18.9. The average Bonchev–Trinajstić information content (AvgIpc) is 2.86. The number of allylic oxidation sites excluding steroid dienone is 3. The molecule has 0 aliphatic heterocycles. The van der Waals surface area contributed by atoms with Gasteiger partial charge in [0.1, 0.15) is 0 Å². The number of aromatic nitrogens is 2. The van der Waals surface area contributed by atoms with Gasteiger partial charge in [-0.15, -0.1) is 0 Å². The molecule has 0 fully saturated rings. The van der Waals surface area contributed by atoms with E-state index >= 15 is 0 Å². The van der Waals surface area contributed by atoms with Gasteiger partial charge in [-0.1, -0.05) is 6.08 Å². The van der Waals surface area contributed by atoms with Gasteiger partial charge < -0.3 is 19.2 Å². The highest BCUT2D eigenvalue weighted by molar-refractivity contribution is 6.48. The SMILES string of the molecule is COC1=CC=C(COCc2nn(C)c(C)c2[B]OC(C)(C)C(C)(C)O)CC1. The molecule has 6 nitrogen and oxygen atoms in total. The smallest absolute Gasteiger partial charge is 0.334 e. The molecule has 0 saturated carbocycles. The summed E-state index contributed by atoms with van der Waals surface area (Å²) in [7, 11) is 5.29. The Labute approximate surface area is 163 Å². The highest BCUT2D eigenvalue weighted by Gasteiger charge is 2.36. The van der Waals surface area contributed by atoms with E-state index in [1.165, 1.54) is 5.57 Å². The lowest BCUT2D eigenvalue weighted by atomic mass is 9.81. The summed E-state index contributed by atoms with van der Waals surface area (Å²) >= 11 is 0. The Kier molecular flexibility index (Phi) is 6.95. The zero-order valence-electron chi connectivity index (χ0n) is 17.6. The number of aryl methyl sites for hydroxylation is 1. The van der Waals surface area contributed by atoms with Crippen LogP contribution in [0.25, 0.3) is 0 Å². The van der Waals surface area contributed by atoms with E-state index in [1.54, 1.807) is 28.4 Å². The summed E-state index contributed by atoms with van der Waals surface area (Å²) in [6, 6.07) is 0. The largest absolute Gasteiger partial charge is 0.501 e. The van der Waals surface area contributed by atoms with Gasteiger partial charge in [-0.2, -0.15) is 5.10 Å². The third-order valence-electron chi connectivity index (χ3n) is 5.39. The van der Waals surface area contributed by atoms with Crippen LogP contribution in [0.15, 0.2) is 23.5 Å². The number of hydrogen-bond donors (Lipinski definition) is 1. The molecule has 0 atom stereocenters. The predicted molar refractivity (Wildman–Crippen MR) is 107 cm³/mol. The van der Waals surface area contributed by atoms with Crippen LogP contribution in [0.5, 0.6) is 0 Å². The Morgan fingerprint density at radius 3 is 2.44 bits per heavy atom. The van der Waals surface area contributed by atoms with Crippen molar-refractivity contribution in [3.05, 3.63) is 34.9 Å². The highest BCUT2D eigenvalue weighted by Crippen LogP contribution is 2.24. The molecule has 1 radical (unpaired) electrons. The number of rotatable bonds is 9. The maximum Gasteiger partial charge on any atom is 0.334 e. The lowest BCUT2D eigenvalue weighted by molar-refractivity contribution is -0.0893. The van der Waals surface area contributed by atoms with Crippen molar-refractivity contribution < 1.29 is 19.2 Å². The molecule has 1 aliphatic rings. The van der Waals surface area contributed by atoms with E-state index in [1.807, 2.05) is 38.6 Å². The molecule has 2 rings (SSSR count). The topological polar surface area (TPSA) is 65.7 Å². The first-order chi connectivity index (χ1) is 12.5. The van der Waals surface area contributed by atoms with Gasteiger partial charge in [0.2, 0.25) is 0 Å². The second-order valence-electron chi connectivity index (χ2n) is 8.03.